The van der Waals surface area contributed by atoms with Crippen molar-refractivity contribution in [3.63, 3.8) is 0 Å². The van der Waals surface area contributed by atoms with E-state index < -0.39 is 10.9 Å². The van der Waals surface area contributed by atoms with Gasteiger partial charge in [-0.15, -0.1) is 0 Å². The number of carbonyl (C=O) groups is 2. The molecule has 0 aliphatic carbocycles. The molecule has 0 spiro atoms. The maximum atomic E-state index is 13.1. The molecule has 4 rings (SSSR count). The summed E-state index contributed by atoms with van der Waals surface area (Å²) in [5.74, 6) is -0.770. The van der Waals surface area contributed by atoms with E-state index in [9.17, 15) is 19.7 Å². The Morgan fingerprint density at radius 1 is 0.935 bits per heavy atom. The molecular formula is C23H21N3O5. The van der Waals surface area contributed by atoms with E-state index in [0.717, 1.165) is 10.8 Å². The fourth-order valence-corrected chi connectivity index (χ4v) is 3.90. The van der Waals surface area contributed by atoms with Crippen molar-refractivity contribution < 1.29 is 19.2 Å². The zero-order valence-electron chi connectivity index (χ0n) is 17.0. The van der Waals surface area contributed by atoms with Crippen molar-refractivity contribution in [1.82, 2.24) is 4.90 Å². The number of hydrogen-bond donors (Lipinski definition) is 0. The smallest absolute Gasteiger partial charge is 0.344 e. The van der Waals surface area contributed by atoms with Crippen molar-refractivity contribution in [3.05, 3.63) is 81.9 Å². The quantitative estimate of drug-likeness (QED) is 0.365. The van der Waals surface area contributed by atoms with Crippen LogP contribution in [0.15, 0.2) is 60.7 Å². The van der Waals surface area contributed by atoms with Gasteiger partial charge in [-0.3, -0.25) is 14.9 Å². The van der Waals surface area contributed by atoms with Crippen LogP contribution in [0.4, 0.5) is 11.4 Å². The van der Waals surface area contributed by atoms with Gasteiger partial charge in [-0.1, -0.05) is 36.4 Å². The predicted octanol–water partition coefficient (Wildman–Crippen LogP) is 3.50. The molecule has 0 bridgehead atoms. The molecule has 0 saturated carbocycles. The van der Waals surface area contributed by atoms with Gasteiger partial charge in [-0.2, -0.15) is 0 Å². The number of hydrogen-bond acceptors (Lipinski definition) is 6. The summed E-state index contributed by atoms with van der Waals surface area (Å²) in [4.78, 5) is 39.5. The molecule has 1 aliphatic heterocycles. The number of nitro benzene ring substituents is 1. The average Bonchev–Trinajstić information content (AvgIpc) is 2.82. The lowest BCUT2D eigenvalue weighted by atomic mass is 10.0. The van der Waals surface area contributed by atoms with Crippen molar-refractivity contribution in [2.45, 2.75) is 0 Å². The Labute approximate surface area is 178 Å². The SMILES string of the molecule is COC(=O)c1cc(N2CCN(C(=O)c3cccc4ccccc34)CC2)ccc1[N+](=O)[O-]. The number of ether oxygens (including phenoxy) is 1. The van der Waals surface area contributed by atoms with Crippen molar-refractivity contribution in [2.24, 2.45) is 0 Å². The highest BCUT2D eigenvalue weighted by molar-refractivity contribution is 6.07. The van der Waals surface area contributed by atoms with Crippen molar-refractivity contribution in [2.75, 3.05) is 38.2 Å². The third-order valence-corrected chi connectivity index (χ3v) is 5.53. The van der Waals surface area contributed by atoms with Gasteiger partial charge < -0.3 is 14.5 Å². The monoisotopic (exact) mass is 419 g/mol. The largest absolute Gasteiger partial charge is 0.465 e. The van der Waals surface area contributed by atoms with Gasteiger partial charge >= 0.3 is 5.97 Å². The van der Waals surface area contributed by atoms with Crippen LogP contribution in [0.5, 0.6) is 0 Å². The van der Waals surface area contributed by atoms with E-state index in [1.54, 1.807) is 6.07 Å². The van der Waals surface area contributed by atoms with Gasteiger partial charge in [0.05, 0.1) is 12.0 Å². The van der Waals surface area contributed by atoms with Gasteiger partial charge in [0.15, 0.2) is 0 Å². The van der Waals surface area contributed by atoms with E-state index in [-0.39, 0.29) is 17.2 Å². The number of carbonyl (C=O) groups excluding carboxylic acids is 2. The Balaban J connectivity index is 1.52. The first-order valence-electron chi connectivity index (χ1n) is 9.88. The second kappa shape index (κ2) is 8.43. The maximum Gasteiger partial charge on any atom is 0.344 e. The summed E-state index contributed by atoms with van der Waals surface area (Å²) in [5.41, 5.74) is 0.984. The Kier molecular flexibility index (Phi) is 5.53. The van der Waals surface area contributed by atoms with Crippen LogP contribution in [0.2, 0.25) is 0 Å². The number of nitrogens with zero attached hydrogens (tertiary/aromatic N) is 3. The van der Waals surface area contributed by atoms with E-state index in [1.807, 2.05) is 52.3 Å². The predicted molar refractivity (Wildman–Crippen MR) is 117 cm³/mol. The molecule has 31 heavy (non-hydrogen) atoms. The van der Waals surface area contributed by atoms with Crippen LogP contribution in [0.3, 0.4) is 0 Å². The topological polar surface area (TPSA) is 93.0 Å². The van der Waals surface area contributed by atoms with E-state index in [0.29, 0.717) is 37.4 Å². The van der Waals surface area contributed by atoms with E-state index in [1.165, 1.54) is 19.2 Å². The van der Waals surface area contributed by atoms with Crippen LogP contribution >= 0.6 is 0 Å². The number of amides is 1. The molecule has 0 atom stereocenters. The summed E-state index contributed by atoms with van der Waals surface area (Å²) >= 11 is 0. The molecule has 1 heterocycles. The van der Waals surface area contributed by atoms with Crippen molar-refractivity contribution in [1.29, 1.82) is 0 Å². The highest BCUT2D eigenvalue weighted by Crippen LogP contribution is 2.27. The van der Waals surface area contributed by atoms with Crippen LogP contribution in [0, 0.1) is 10.1 Å². The number of methoxy groups -OCH3 is 1. The second-order valence-electron chi connectivity index (χ2n) is 7.26. The molecule has 158 valence electrons. The molecule has 8 nitrogen and oxygen atoms in total. The summed E-state index contributed by atoms with van der Waals surface area (Å²) < 4.78 is 4.69. The first kappa shape index (κ1) is 20.3. The summed E-state index contributed by atoms with van der Waals surface area (Å²) in [5, 5.41) is 13.2. The van der Waals surface area contributed by atoms with Gasteiger partial charge in [-0.05, 0) is 29.0 Å². The third-order valence-electron chi connectivity index (χ3n) is 5.53. The number of anilines is 1. The highest BCUT2D eigenvalue weighted by Gasteiger charge is 2.26. The molecule has 0 unspecified atom stereocenters. The van der Waals surface area contributed by atoms with E-state index in [2.05, 4.69) is 4.74 Å². The first-order chi connectivity index (χ1) is 15.0. The molecule has 0 radical (unpaired) electrons. The van der Waals surface area contributed by atoms with Gasteiger partial charge in [0.1, 0.15) is 5.56 Å². The Hall–Kier alpha value is -3.94. The molecule has 1 fully saturated rings. The molecule has 3 aromatic rings. The van der Waals surface area contributed by atoms with Crippen LogP contribution in [0.1, 0.15) is 20.7 Å². The number of rotatable bonds is 4. The zero-order chi connectivity index (χ0) is 22.0. The maximum absolute atomic E-state index is 13.1. The summed E-state index contributed by atoms with van der Waals surface area (Å²) in [7, 11) is 1.19. The van der Waals surface area contributed by atoms with Gasteiger partial charge in [-0.25, -0.2) is 4.79 Å². The Morgan fingerprint density at radius 2 is 1.65 bits per heavy atom. The van der Waals surface area contributed by atoms with Crippen LogP contribution in [-0.2, 0) is 4.74 Å². The van der Waals surface area contributed by atoms with Gasteiger partial charge in [0, 0.05) is 43.5 Å². The lowest BCUT2D eigenvalue weighted by molar-refractivity contribution is -0.385. The molecule has 1 aliphatic rings. The molecule has 1 amide bonds. The van der Waals surface area contributed by atoms with Crippen LogP contribution in [-0.4, -0.2) is 55.0 Å². The minimum absolute atomic E-state index is 0.0181. The summed E-state index contributed by atoms with van der Waals surface area (Å²) in [6, 6.07) is 17.9. The van der Waals surface area contributed by atoms with Gasteiger partial charge in [0.2, 0.25) is 0 Å². The Bertz CT molecular complexity index is 1160. The highest BCUT2D eigenvalue weighted by atomic mass is 16.6. The minimum atomic E-state index is -0.752. The molecule has 0 aromatic heterocycles. The molecular weight excluding hydrogens is 398 g/mol. The molecule has 1 saturated heterocycles. The van der Waals surface area contributed by atoms with Gasteiger partial charge in [0.25, 0.3) is 11.6 Å². The Morgan fingerprint density at radius 3 is 2.35 bits per heavy atom. The molecule has 3 aromatic carbocycles. The van der Waals surface area contributed by atoms with E-state index >= 15 is 0 Å². The zero-order valence-corrected chi connectivity index (χ0v) is 17.0. The second-order valence-corrected chi connectivity index (χ2v) is 7.26. The number of nitro groups is 1. The number of fused-ring (bicyclic) bond motifs is 1. The van der Waals surface area contributed by atoms with Crippen molar-refractivity contribution in [3.8, 4) is 0 Å². The third kappa shape index (κ3) is 3.92. The standard InChI is InChI=1S/C23H21N3O5/c1-31-23(28)20-15-17(9-10-21(20)26(29)30)24-11-13-25(14-12-24)22(27)19-8-4-6-16-5-2-3-7-18(16)19/h2-10,15H,11-14H2,1H3. The summed E-state index contributed by atoms with van der Waals surface area (Å²) in [6.07, 6.45) is 0. The van der Waals surface area contributed by atoms with Crippen LogP contribution in [0.25, 0.3) is 10.8 Å². The van der Waals surface area contributed by atoms with E-state index in [4.69, 9.17) is 0 Å². The fourth-order valence-electron chi connectivity index (χ4n) is 3.90. The average molecular weight is 419 g/mol. The lowest BCUT2D eigenvalue weighted by Crippen LogP contribution is -2.48. The number of benzene rings is 3. The first-order valence-corrected chi connectivity index (χ1v) is 9.88. The number of esters is 1. The molecule has 0 N–H and O–H groups in total. The fraction of sp³-hybridized carbons (Fsp3) is 0.217. The van der Waals surface area contributed by atoms with Crippen LogP contribution < -0.4 is 4.90 Å². The molecule has 8 heteroatoms. The minimum Gasteiger partial charge on any atom is -0.465 e. The number of piperazine rings is 1. The summed E-state index contributed by atoms with van der Waals surface area (Å²) in [6.45, 7) is 2.11. The lowest BCUT2D eigenvalue weighted by Gasteiger charge is -2.36. The van der Waals surface area contributed by atoms with Crippen molar-refractivity contribution >= 4 is 34.0 Å². The normalized spacial score (nSPS) is 13.8.